The lowest BCUT2D eigenvalue weighted by Gasteiger charge is -2.22. The van der Waals surface area contributed by atoms with Crippen LogP contribution in [0, 0.1) is 11.7 Å². The molecule has 1 heterocycles. The van der Waals surface area contributed by atoms with E-state index in [-0.39, 0.29) is 29.6 Å². The van der Waals surface area contributed by atoms with Crippen LogP contribution in [0.25, 0.3) is 0 Å². The monoisotopic (exact) mass is 365 g/mol. The second kappa shape index (κ2) is 9.13. The van der Waals surface area contributed by atoms with Crippen LogP contribution in [0.2, 0.25) is 0 Å². The molecule has 2 atom stereocenters. The van der Waals surface area contributed by atoms with Crippen molar-refractivity contribution in [3.8, 4) is 0 Å². The molecular weight excluding hydrogens is 337 g/mol. The van der Waals surface area contributed by atoms with E-state index < -0.39 is 0 Å². The standard InChI is InChI=1S/C19H28FN3OS/c1-4-5-9-21-18(24)17-12-23(19(25)22-13(2)3)11-16(17)14-7-6-8-15(20)10-14/h6-8,10,13,16-17H,4-5,9,11-12H2,1-3H3,(H,21,24)(H,22,25)/t16-,17-/m0/s1. The van der Waals surface area contributed by atoms with Gasteiger partial charge in [0, 0.05) is 31.6 Å². The van der Waals surface area contributed by atoms with E-state index in [4.69, 9.17) is 12.2 Å². The number of nitrogens with zero attached hydrogens (tertiary/aromatic N) is 1. The average molecular weight is 366 g/mol. The number of rotatable bonds is 6. The third-order valence-electron chi connectivity index (χ3n) is 4.46. The Labute approximate surface area is 155 Å². The third kappa shape index (κ3) is 5.39. The van der Waals surface area contributed by atoms with E-state index in [2.05, 4.69) is 17.6 Å². The molecule has 25 heavy (non-hydrogen) atoms. The maximum absolute atomic E-state index is 13.7. The fourth-order valence-corrected chi connectivity index (χ4v) is 3.55. The molecule has 0 radical (unpaired) electrons. The van der Waals surface area contributed by atoms with Gasteiger partial charge in [0.25, 0.3) is 0 Å². The Morgan fingerprint density at radius 3 is 2.80 bits per heavy atom. The van der Waals surface area contributed by atoms with Crippen LogP contribution < -0.4 is 10.6 Å². The molecule has 1 aliphatic heterocycles. The number of thiocarbonyl (C=S) groups is 1. The Morgan fingerprint density at radius 2 is 2.16 bits per heavy atom. The van der Waals surface area contributed by atoms with Crippen molar-refractivity contribution in [3.63, 3.8) is 0 Å². The van der Waals surface area contributed by atoms with Gasteiger partial charge in [0.05, 0.1) is 5.92 Å². The predicted molar refractivity (Wildman–Crippen MR) is 103 cm³/mol. The number of hydrogen-bond donors (Lipinski definition) is 2. The largest absolute Gasteiger partial charge is 0.360 e. The molecule has 0 saturated carbocycles. The van der Waals surface area contributed by atoms with Crippen LogP contribution in [0.5, 0.6) is 0 Å². The van der Waals surface area contributed by atoms with Gasteiger partial charge in [-0.05, 0) is 50.2 Å². The summed E-state index contributed by atoms with van der Waals surface area (Å²) in [6.45, 7) is 8.00. The average Bonchev–Trinajstić information content (AvgIpc) is 3.00. The van der Waals surface area contributed by atoms with Gasteiger partial charge in [-0.1, -0.05) is 25.5 Å². The molecular formula is C19H28FN3OS. The molecule has 2 rings (SSSR count). The van der Waals surface area contributed by atoms with Gasteiger partial charge in [-0.25, -0.2) is 4.39 Å². The summed E-state index contributed by atoms with van der Waals surface area (Å²) in [4.78, 5) is 14.7. The molecule has 0 unspecified atom stereocenters. The fraction of sp³-hybridized carbons (Fsp3) is 0.579. The Hall–Kier alpha value is -1.69. The van der Waals surface area contributed by atoms with Crippen molar-refractivity contribution in [2.24, 2.45) is 5.92 Å². The molecule has 6 heteroatoms. The van der Waals surface area contributed by atoms with Crippen LogP contribution in [-0.4, -0.2) is 41.6 Å². The number of likely N-dealkylation sites (tertiary alicyclic amines) is 1. The lowest BCUT2D eigenvalue weighted by molar-refractivity contribution is -0.124. The number of unbranched alkanes of at least 4 members (excludes halogenated alkanes) is 1. The van der Waals surface area contributed by atoms with Crippen LogP contribution in [0.4, 0.5) is 4.39 Å². The number of carbonyl (C=O) groups is 1. The summed E-state index contributed by atoms with van der Waals surface area (Å²) in [6.07, 6.45) is 1.99. The van der Waals surface area contributed by atoms with Gasteiger partial charge in [-0.15, -0.1) is 0 Å². The van der Waals surface area contributed by atoms with Crippen LogP contribution >= 0.6 is 12.2 Å². The summed E-state index contributed by atoms with van der Waals surface area (Å²) in [6, 6.07) is 6.78. The summed E-state index contributed by atoms with van der Waals surface area (Å²) in [7, 11) is 0. The Bertz CT molecular complexity index is 608. The second-order valence-electron chi connectivity index (χ2n) is 6.92. The van der Waals surface area contributed by atoms with Crippen LogP contribution in [0.15, 0.2) is 24.3 Å². The highest BCUT2D eigenvalue weighted by atomic mass is 32.1. The van der Waals surface area contributed by atoms with Gasteiger partial charge in [0.2, 0.25) is 5.91 Å². The van der Waals surface area contributed by atoms with Crippen molar-refractivity contribution in [1.29, 1.82) is 0 Å². The van der Waals surface area contributed by atoms with Crippen molar-refractivity contribution in [2.75, 3.05) is 19.6 Å². The molecule has 4 nitrogen and oxygen atoms in total. The fourth-order valence-electron chi connectivity index (χ4n) is 3.17. The Balaban J connectivity index is 2.16. The van der Waals surface area contributed by atoms with E-state index in [0.717, 1.165) is 18.4 Å². The maximum Gasteiger partial charge on any atom is 0.225 e. The summed E-state index contributed by atoms with van der Waals surface area (Å²) in [5.74, 6) is -0.545. The Kier molecular flexibility index (Phi) is 7.17. The topological polar surface area (TPSA) is 44.4 Å². The molecule has 138 valence electrons. The van der Waals surface area contributed by atoms with E-state index in [1.807, 2.05) is 24.8 Å². The van der Waals surface area contributed by atoms with E-state index in [1.54, 1.807) is 6.07 Å². The molecule has 1 amide bonds. The summed E-state index contributed by atoms with van der Waals surface area (Å²) in [5, 5.41) is 6.90. The lowest BCUT2D eigenvalue weighted by atomic mass is 9.88. The van der Waals surface area contributed by atoms with Crippen molar-refractivity contribution < 1.29 is 9.18 Å². The number of hydrogen-bond acceptors (Lipinski definition) is 2. The van der Waals surface area contributed by atoms with Crippen molar-refractivity contribution in [3.05, 3.63) is 35.6 Å². The molecule has 1 fully saturated rings. The highest BCUT2D eigenvalue weighted by Gasteiger charge is 2.39. The van der Waals surface area contributed by atoms with Crippen LogP contribution in [0.1, 0.15) is 45.1 Å². The molecule has 2 N–H and O–H groups in total. The van der Waals surface area contributed by atoms with E-state index in [9.17, 15) is 9.18 Å². The predicted octanol–water partition coefficient (Wildman–Crippen LogP) is 3.04. The van der Waals surface area contributed by atoms with Gasteiger partial charge < -0.3 is 15.5 Å². The first kappa shape index (κ1) is 19.6. The normalized spacial score (nSPS) is 20.0. The molecule has 0 spiro atoms. The first-order valence-corrected chi connectivity index (χ1v) is 9.41. The molecule has 1 saturated heterocycles. The lowest BCUT2D eigenvalue weighted by Crippen LogP contribution is -2.42. The number of carbonyl (C=O) groups excluding carboxylic acids is 1. The zero-order chi connectivity index (χ0) is 18.4. The van der Waals surface area contributed by atoms with Crippen LogP contribution in [-0.2, 0) is 4.79 Å². The number of benzene rings is 1. The SMILES string of the molecule is CCCCNC(=O)[C@H]1CN(C(=S)NC(C)C)C[C@H]1c1cccc(F)c1. The van der Waals surface area contributed by atoms with E-state index in [0.29, 0.717) is 24.7 Å². The number of amides is 1. The molecule has 1 aromatic carbocycles. The van der Waals surface area contributed by atoms with Gasteiger partial charge in [-0.2, -0.15) is 0 Å². The first-order chi connectivity index (χ1) is 11.9. The van der Waals surface area contributed by atoms with Gasteiger partial charge in [-0.3, -0.25) is 4.79 Å². The van der Waals surface area contributed by atoms with E-state index >= 15 is 0 Å². The van der Waals surface area contributed by atoms with E-state index in [1.165, 1.54) is 12.1 Å². The molecule has 1 aliphatic rings. The highest BCUT2D eigenvalue weighted by Crippen LogP contribution is 2.33. The van der Waals surface area contributed by atoms with Crippen molar-refractivity contribution >= 4 is 23.2 Å². The minimum absolute atomic E-state index is 0.0255. The molecule has 0 aliphatic carbocycles. The van der Waals surface area contributed by atoms with Gasteiger partial charge in [0.1, 0.15) is 5.82 Å². The molecule has 0 aromatic heterocycles. The smallest absolute Gasteiger partial charge is 0.225 e. The minimum Gasteiger partial charge on any atom is -0.360 e. The first-order valence-electron chi connectivity index (χ1n) is 9.01. The molecule has 0 bridgehead atoms. The summed E-state index contributed by atoms with van der Waals surface area (Å²) < 4.78 is 13.7. The minimum atomic E-state index is -0.274. The number of halogens is 1. The second-order valence-corrected chi connectivity index (χ2v) is 7.31. The zero-order valence-electron chi connectivity index (χ0n) is 15.2. The van der Waals surface area contributed by atoms with Crippen LogP contribution in [0.3, 0.4) is 0 Å². The highest BCUT2D eigenvalue weighted by molar-refractivity contribution is 7.80. The van der Waals surface area contributed by atoms with Gasteiger partial charge in [0.15, 0.2) is 5.11 Å². The van der Waals surface area contributed by atoms with Crippen molar-refractivity contribution in [1.82, 2.24) is 15.5 Å². The zero-order valence-corrected chi connectivity index (χ0v) is 16.0. The Morgan fingerprint density at radius 1 is 1.40 bits per heavy atom. The molecule has 1 aromatic rings. The van der Waals surface area contributed by atoms with Gasteiger partial charge >= 0.3 is 0 Å². The van der Waals surface area contributed by atoms with Crippen molar-refractivity contribution in [2.45, 2.75) is 45.6 Å². The summed E-state index contributed by atoms with van der Waals surface area (Å²) >= 11 is 5.47. The maximum atomic E-state index is 13.7. The third-order valence-corrected chi connectivity index (χ3v) is 4.84. The summed E-state index contributed by atoms with van der Waals surface area (Å²) in [5.41, 5.74) is 0.852. The quantitative estimate of drug-likeness (QED) is 0.601. The number of nitrogens with one attached hydrogen (secondary N) is 2.